The Labute approximate surface area is 382 Å². The van der Waals surface area contributed by atoms with Crippen molar-refractivity contribution in [2.24, 2.45) is 0 Å². The van der Waals surface area contributed by atoms with Gasteiger partial charge in [-0.05, 0) is 76.4 Å². The Morgan fingerprint density at radius 2 is 1.12 bits per heavy atom. The molecule has 0 fully saturated rings. The normalized spacial score (nSPS) is 13.4. The largest absolute Gasteiger partial charge is 0.509 e. The number of carbonyl (C=O) groups is 1. The van der Waals surface area contributed by atoms with Gasteiger partial charge in [0.25, 0.3) is 0 Å². The lowest BCUT2D eigenvalue weighted by atomic mass is 9.75. The van der Waals surface area contributed by atoms with Gasteiger partial charge >= 0.3 is 0 Å². The van der Waals surface area contributed by atoms with Crippen LogP contribution in [0, 0.1) is 0 Å². The van der Waals surface area contributed by atoms with Crippen molar-refractivity contribution in [3.63, 3.8) is 0 Å². The number of hydrogen-bond donors (Lipinski definition) is 10. The van der Waals surface area contributed by atoms with Crippen molar-refractivity contribution in [1.29, 1.82) is 0 Å². The minimum atomic E-state index is -1.34. The minimum absolute atomic E-state index is 0.321. The molecule has 0 unspecified atom stereocenters. The molecule has 7 rings (SSSR count). The Balaban J connectivity index is 1.46. The Morgan fingerprint density at radius 1 is 0.561 bits per heavy atom. The second-order valence-corrected chi connectivity index (χ2v) is 15.1. The Hall–Kier alpha value is -8.58. The highest BCUT2D eigenvalue weighted by atomic mass is 16.3. The molecule has 6 radical (unpaired) electrons. The van der Waals surface area contributed by atoms with E-state index in [0.717, 1.165) is 64.7 Å². The van der Waals surface area contributed by atoms with Gasteiger partial charge in [-0.1, -0.05) is 114 Å². The summed E-state index contributed by atoms with van der Waals surface area (Å²) in [4.78, 5) is 15.8. The highest BCUT2D eigenvalue weighted by molar-refractivity contribution is 6.52. The van der Waals surface area contributed by atoms with Crippen molar-refractivity contribution >= 4 is 78.7 Å². The number of nitrogens with zero attached hydrogens (tertiary/aromatic N) is 1. The fourth-order valence-corrected chi connectivity index (χ4v) is 7.52. The van der Waals surface area contributed by atoms with Crippen molar-refractivity contribution in [1.82, 2.24) is 0 Å². The molecule has 0 amide bonds. The molecule has 0 aliphatic carbocycles. The molecule has 322 valence electrons. The number of allylic oxidation sites excluding steroid dienone is 4. The molecule has 12 nitrogen and oxygen atoms in total. The van der Waals surface area contributed by atoms with Gasteiger partial charge in [0, 0.05) is 22.2 Å². The van der Waals surface area contributed by atoms with Crippen LogP contribution in [0.2, 0.25) is 0 Å². The fourth-order valence-electron chi connectivity index (χ4n) is 7.52. The van der Waals surface area contributed by atoms with Crippen LogP contribution in [-0.2, 0) is 0 Å². The summed E-state index contributed by atoms with van der Waals surface area (Å²) < 4.78 is 0. The molecule has 0 aliphatic heterocycles. The van der Waals surface area contributed by atoms with Crippen molar-refractivity contribution in [3.05, 3.63) is 191 Å². The number of rotatable bonds is 11. The van der Waals surface area contributed by atoms with E-state index in [1.165, 1.54) is 6.20 Å². The first kappa shape index (κ1) is 45.4. The zero-order chi connectivity index (χ0) is 47.7. The number of aromatic hydroxyl groups is 3. The lowest BCUT2D eigenvalue weighted by molar-refractivity contribution is 0.103. The number of phenols is 3. The molecule has 0 heterocycles. The maximum absolute atomic E-state index is 14.2. The number of phenolic OH excluding ortho intramolecular Hbond substituents is 3. The van der Waals surface area contributed by atoms with E-state index in [-0.39, 0.29) is 5.56 Å². The SMILES string of the molecule is [B]/C(C(=O)c1cc(C(/C(O)=C(\C)O)=C(O)/C(O)=C/N(c2ccc(-c3cccc4ccccc34)cc2)c2cccc3ccccc23)ccc1-c1c(O)c([B])c([B])c(O)c1O)=C(O)/C(O)=C(\C)O. The van der Waals surface area contributed by atoms with Crippen molar-refractivity contribution in [2.45, 2.75) is 13.8 Å². The van der Waals surface area contributed by atoms with E-state index in [4.69, 9.17) is 23.5 Å². The Kier molecular flexibility index (Phi) is 12.6. The first-order valence-electron chi connectivity index (χ1n) is 20.0. The number of anilines is 2. The number of aliphatic hydroxyl groups is 7. The first-order chi connectivity index (χ1) is 31.4. The van der Waals surface area contributed by atoms with Crippen LogP contribution >= 0.6 is 0 Å². The van der Waals surface area contributed by atoms with E-state index < -0.39 is 102 Å². The summed E-state index contributed by atoms with van der Waals surface area (Å²) in [6.45, 7) is 2.06. The zero-order valence-corrected chi connectivity index (χ0v) is 35.3. The van der Waals surface area contributed by atoms with Crippen molar-refractivity contribution in [3.8, 4) is 39.5 Å². The van der Waals surface area contributed by atoms with Crippen LogP contribution in [0.4, 0.5) is 11.4 Å². The Morgan fingerprint density at radius 3 is 1.76 bits per heavy atom. The van der Waals surface area contributed by atoms with Crippen LogP contribution in [0.5, 0.6) is 17.2 Å². The summed E-state index contributed by atoms with van der Waals surface area (Å²) in [5.74, 6) is -11.2. The van der Waals surface area contributed by atoms with Gasteiger partial charge in [-0.25, -0.2) is 0 Å². The molecule has 66 heavy (non-hydrogen) atoms. The summed E-state index contributed by atoms with van der Waals surface area (Å²) in [7, 11) is 17.7. The lowest BCUT2D eigenvalue weighted by Gasteiger charge is -2.24. The zero-order valence-electron chi connectivity index (χ0n) is 35.3. The van der Waals surface area contributed by atoms with Gasteiger partial charge in [0.05, 0.1) is 23.0 Å². The molecular formula is C51H38B3NO11. The first-order valence-corrected chi connectivity index (χ1v) is 20.0. The summed E-state index contributed by atoms with van der Waals surface area (Å²) in [6.07, 6.45) is 1.19. The molecule has 0 aromatic heterocycles. The molecule has 15 heteroatoms. The molecule has 0 aliphatic rings. The van der Waals surface area contributed by atoms with E-state index >= 15 is 0 Å². The van der Waals surface area contributed by atoms with Crippen LogP contribution in [0.25, 0.3) is 49.4 Å². The average molecular weight is 873 g/mol. The van der Waals surface area contributed by atoms with Gasteiger partial charge < -0.3 is 56.0 Å². The summed E-state index contributed by atoms with van der Waals surface area (Å²) in [5, 5.41) is 113. The molecule has 7 aromatic carbocycles. The Bertz CT molecular complexity index is 3230. The quantitative estimate of drug-likeness (QED) is 0.0112. The third-order valence-electron chi connectivity index (χ3n) is 11.0. The summed E-state index contributed by atoms with van der Waals surface area (Å²) in [5.41, 5.74) is -2.06. The highest BCUT2D eigenvalue weighted by Gasteiger charge is 2.29. The predicted octanol–water partition coefficient (Wildman–Crippen LogP) is 9.35. The van der Waals surface area contributed by atoms with E-state index in [2.05, 4.69) is 0 Å². The van der Waals surface area contributed by atoms with Gasteiger partial charge in [0.15, 0.2) is 46.1 Å². The maximum atomic E-state index is 14.2. The van der Waals surface area contributed by atoms with E-state index in [1.54, 1.807) is 11.0 Å². The van der Waals surface area contributed by atoms with Gasteiger partial charge in [-0.3, -0.25) is 4.79 Å². The maximum Gasteiger partial charge on any atom is 0.195 e. The van der Waals surface area contributed by atoms with Crippen LogP contribution in [-0.4, -0.2) is 80.4 Å². The summed E-state index contributed by atoms with van der Waals surface area (Å²) >= 11 is 0. The van der Waals surface area contributed by atoms with Gasteiger partial charge in [-0.2, -0.15) is 0 Å². The van der Waals surface area contributed by atoms with Crippen LogP contribution < -0.4 is 15.8 Å². The third-order valence-corrected chi connectivity index (χ3v) is 11.0. The molecule has 7 aromatic rings. The molecule has 0 bridgehead atoms. The fraction of sp³-hybridized carbons (Fsp3) is 0.0392. The average Bonchev–Trinajstić information content (AvgIpc) is 3.33. The van der Waals surface area contributed by atoms with E-state index in [0.29, 0.717) is 11.4 Å². The third kappa shape index (κ3) is 8.33. The smallest absolute Gasteiger partial charge is 0.195 e. The second kappa shape index (κ2) is 18.3. The van der Waals surface area contributed by atoms with Gasteiger partial charge in [-0.15, -0.1) is 0 Å². The standard InChI is InChI=1S/C51H38B3NO11/c1-25(56)44(59)39(30-19-22-35(40-48(63)41(52)42(53)50(65)49(40)64)36(23-30)46(61)43(54)51(66)45(60)26(2)57)47(62)38(58)24-55(37-16-8-12-28-10-4-6-14-34(28)37)31-20-17-29(18-21-31)33-15-7-11-27-9-3-5-13-32(27)33/h3-24,56-60,62-66H,1-2H3/b38-24-,44-25-,45-26-,47-39+,51-43-. The number of carbonyl (C=O) groups excluding carboxylic acids is 1. The topological polar surface area (TPSA) is 223 Å². The van der Waals surface area contributed by atoms with Crippen LogP contribution in [0.3, 0.4) is 0 Å². The number of hydrogen-bond acceptors (Lipinski definition) is 12. The van der Waals surface area contributed by atoms with Crippen LogP contribution in [0.15, 0.2) is 179 Å². The molecule has 0 atom stereocenters. The number of ketones is 1. The monoisotopic (exact) mass is 873 g/mol. The second-order valence-electron chi connectivity index (χ2n) is 15.1. The summed E-state index contributed by atoms with van der Waals surface area (Å²) in [6, 6.07) is 37.5. The van der Waals surface area contributed by atoms with E-state index in [9.17, 15) is 55.9 Å². The number of Topliss-reactive ketones (excluding diaryl/α,β-unsaturated/α-hetero) is 1. The number of aliphatic hydroxyl groups excluding tert-OH is 7. The van der Waals surface area contributed by atoms with Crippen molar-refractivity contribution in [2.75, 3.05) is 4.90 Å². The highest BCUT2D eigenvalue weighted by Crippen LogP contribution is 2.44. The minimum Gasteiger partial charge on any atom is -0.509 e. The molecule has 0 saturated heterocycles. The number of fused-ring (bicyclic) bond motifs is 2. The molecule has 0 saturated carbocycles. The molecular weight excluding hydrogens is 835 g/mol. The van der Waals surface area contributed by atoms with Crippen LogP contribution in [0.1, 0.15) is 29.8 Å². The molecule has 10 N–H and O–H groups in total. The van der Waals surface area contributed by atoms with Gasteiger partial charge in [0.2, 0.25) is 0 Å². The van der Waals surface area contributed by atoms with Crippen molar-refractivity contribution < 1.29 is 55.9 Å². The number of benzene rings is 7. The van der Waals surface area contributed by atoms with Gasteiger partial charge in [0.1, 0.15) is 40.8 Å². The van der Waals surface area contributed by atoms with E-state index in [1.807, 2.05) is 103 Å². The molecule has 0 spiro atoms. The lowest BCUT2D eigenvalue weighted by Crippen LogP contribution is -2.26. The predicted molar refractivity (Wildman–Crippen MR) is 259 cm³/mol.